The first-order valence-corrected chi connectivity index (χ1v) is 2.14. The summed E-state index contributed by atoms with van der Waals surface area (Å²) in [6.07, 6.45) is 1.69. The number of hydrogen-bond acceptors (Lipinski definition) is 2. The van der Waals surface area contributed by atoms with Gasteiger partial charge in [0.05, 0.1) is 0 Å². The highest BCUT2D eigenvalue weighted by molar-refractivity contribution is 4.92. The van der Waals surface area contributed by atoms with Crippen molar-refractivity contribution in [3.05, 3.63) is 17.5 Å². The third-order valence-electron chi connectivity index (χ3n) is 0.448. The fourth-order valence-electron chi connectivity index (χ4n) is 0.220. The molecular weight excluding hydrogens is 88.1 g/mol. The minimum atomic E-state index is 0.508. The minimum absolute atomic E-state index is 0.508. The highest BCUT2D eigenvalue weighted by atomic mass is 14.5. The molecule has 0 saturated heterocycles. The highest BCUT2D eigenvalue weighted by Crippen LogP contribution is 1.69. The molecule has 0 aromatic carbocycles. The Kier molecular flexibility index (Phi) is 3.11. The van der Waals surface area contributed by atoms with Crippen LogP contribution in [0.2, 0.25) is 0 Å². The summed E-state index contributed by atoms with van der Waals surface area (Å²) in [6.45, 7) is 2.28. The Balaban J connectivity index is 3.62. The first-order valence-electron chi connectivity index (χ1n) is 2.14. The van der Waals surface area contributed by atoms with E-state index in [1.54, 1.807) is 13.0 Å². The fraction of sp³-hybridized carbons (Fsp3) is 0.400. The van der Waals surface area contributed by atoms with Crippen LogP contribution in [0.15, 0.2) is 17.5 Å². The second kappa shape index (κ2) is 3.47. The van der Waals surface area contributed by atoms with Crippen molar-refractivity contribution in [2.45, 2.75) is 6.92 Å². The molecule has 0 heterocycles. The smallest absolute Gasteiger partial charge is 0.0477 e. The molecule has 0 aromatic rings. The van der Waals surface area contributed by atoms with E-state index in [1.807, 2.05) is 0 Å². The standard InChI is InChI=1S/C5H10N2/c1-5(7)3-2-4-6/h2H,4,6-7H2,1H3. The molecule has 0 saturated carbocycles. The van der Waals surface area contributed by atoms with E-state index in [9.17, 15) is 0 Å². The Hall–Kier alpha value is -0.720. The lowest BCUT2D eigenvalue weighted by molar-refractivity contribution is 1.24. The molecule has 0 radical (unpaired) electrons. The van der Waals surface area contributed by atoms with Crippen LogP contribution in [0, 0.1) is 0 Å². The van der Waals surface area contributed by atoms with Crippen molar-refractivity contribution in [2.75, 3.05) is 6.54 Å². The van der Waals surface area contributed by atoms with Crippen molar-refractivity contribution < 1.29 is 0 Å². The molecule has 0 fully saturated rings. The van der Waals surface area contributed by atoms with Gasteiger partial charge in [-0.1, -0.05) is 0 Å². The van der Waals surface area contributed by atoms with Crippen molar-refractivity contribution in [2.24, 2.45) is 11.5 Å². The summed E-state index contributed by atoms with van der Waals surface area (Å²) >= 11 is 0. The zero-order valence-electron chi connectivity index (χ0n) is 4.44. The molecular formula is C5H10N2. The third-order valence-corrected chi connectivity index (χ3v) is 0.448. The lowest BCUT2D eigenvalue weighted by Gasteiger charge is -1.75. The maximum atomic E-state index is 5.20. The van der Waals surface area contributed by atoms with E-state index in [2.05, 4.69) is 5.73 Å². The SMILES string of the molecule is CC(N)=C=CCN. The molecule has 0 aliphatic rings. The summed E-state index contributed by atoms with van der Waals surface area (Å²) < 4.78 is 0. The van der Waals surface area contributed by atoms with Crippen molar-refractivity contribution in [3.63, 3.8) is 0 Å². The van der Waals surface area contributed by atoms with E-state index >= 15 is 0 Å². The molecule has 0 rings (SSSR count). The van der Waals surface area contributed by atoms with Crippen LogP contribution in [0.4, 0.5) is 0 Å². The second-order valence-corrected chi connectivity index (χ2v) is 1.27. The van der Waals surface area contributed by atoms with Crippen LogP contribution in [-0.4, -0.2) is 6.54 Å². The van der Waals surface area contributed by atoms with Gasteiger partial charge in [0.15, 0.2) is 0 Å². The summed E-state index contributed by atoms with van der Waals surface area (Å²) in [5.74, 6) is 0. The van der Waals surface area contributed by atoms with E-state index in [0.717, 1.165) is 0 Å². The molecule has 0 bridgehead atoms. The predicted octanol–water partition coefficient (Wildman–Crippen LogP) is -0.0373. The molecule has 2 nitrogen and oxygen atoms in total. The molecule has 4 N–H and O–H groups in total. The van der Waals surface area contributed by atoms with Crippen molar-refractivity contribution in [1.29, 1.82) is 0 Å². The topological polar surface area (TPSA) is 52.0 Å². The molecule has 0 spiro atoms. The fourth-order valence-corrected chi connectivity index (χ4v) is 0.220. The first-order chi connectivity index (χ1) is 3.27. The zero-order chi connectivity index (χ0) is 5.70. The van der Waals surface area contributed by atoms with Gasteiger partial charge in [-0.15, -0.1) is 5.73 Å². The molecule has 0 unspecified atom stereocenters. The van der Waals surface area contributed by atoms with Gasteiger partial charge in [0.1, 0.15) is 0 Å². The quantitative estimate of drug-likeness (QED) is 0.452. The van der Waals surface area contributed by atoms with Crippen molar-refractivity contribution in [1.82, 2.24) is 0 Å². The normalized spacial score (nSPS) is 7.14. The molecule has 0 aliphatic heterocycles. The van der Waals surface area contributed by atoms with Crippen molar-refractivity contribution >= 4 is 0 Å². The van der Waals surface area contributed by atoms with E-state index < -0.39 is 0 Å². The summed E-state index contributed by atoms with van der Waals surface area (Å²) in [4.78, 5) is 0. The zero-order valence-corrected chi connectivity index (χ0v) is 4.44. The predicted molar refractivity (Wildman–Crippen MR) is 30.5 cm³/mol. The van der Waals surface area contributed by atoms with Crippen LogP contribution in [0.1, 0.15) is 6.92 Å². The van der Waals surface area contributed by atoms with Crippen LogP contribution < -0.4 is 11.5 Å². The molecule has 0 amide bonds. The van der Waals surface area contributed by atoms with Crippen LogP contribution in [-0.2, 0) is 0 Å². The number of rotatable bonds is 1. The van der Waals surface area contributed by atoms with Crippen molar-refractivity contribution in [3.8, 4) is 0 Å². The Bertz CT molecular complexity index is 94.6. The Morgan fingerprint density at radius 2 is 2.43 bits per heavy atom. The third kappa shape index (κ3) is 5.28. The van der Waals surface area contributed by atoms with E-state index in [1.165, 1.54) is 0 Å². The lowest BCUT2D eigenvalue weighted by atomic mass is 10.5. The monoisotopic (exact) mass is 98.1 g/mol. The average Bonchev–Trinajstić information content (AvgIpc) is 1.61. The summed E-state index contributed by atoms with van der Waals surface area (Å²) in [5, 5.41) is 0. The second-order valence-electron chi connectivity index (χ2n) is 1.27. The van der Waals surface area contributed by atoms with Crippen LogP contribution >= 0.6 is 0 Å². The van der Waals surface area contributed by atoms with Gasteiger partial charge in [0.2, 0.25) is 0 Å². The molecule has 0 atom stereocenters. The average molecular weight is 98.1 g/mol. The largest absolute Gasteiger partial charge is 0.396 e. The van der Waals surface area contributed by atoms with Gasteiger partial charge in [-0.25, -0.2) is 0 Å². The number of hydrogen-bond donors (Lipinski definition) is 2. The Morgan fingerprint density at radius 3 is 2.57 bits per heavy atom. The summed E-state index contributed by atoms with van der Waals surface area (Å²) in [5.41, 5.74) is 13.7. The van der Waals surface area contributed by atoms with Gasteiger partial charge in [-0.3, -0.25) is 0 Å². The van der Waals surface area contributed by atoms with Gasteiger partial charge in [-0.2, -0.15) is 0 Å². The molecule has 2 heteroatoms. The summed E-state index contributed by atoms with van der Waals surface area (Å²) in [7, 11) is 0. The molecule has 0 aliphatic carbocycles. The van der Waals surface area contributed by atoms with Gasteiger partial charge >= 0.3 is 0 Å². The maximum absolute atomic E-state index is 5.20. The molecule has 7 heavy (non-hydrogen) atoms. The van der Waals surface area contributed by atoms with E-state index in [4.69, 9.17) is 11.5 Å². The van der Waals surface area contributed by atoms with Crippen LogP contribution in [0.3, 0.4) is 0 Å². The van der Waals surface area contributed by atoms with Gasteiger partial charge in [0, 0.05) is 12.2 Å². The Labute approximate surface area is 43.5 Å². The van der Waals surface area contributed by atoms with Crippen LogP contribution in [0.25, 0.3) is 0 Å². The van der Waals surface area contributed by atoms with Gasteiger partial charge in [0.25, 0.3) is 0 Å². The first kappa shape index (κ1) is 6.28. The molecule has 40 valence electrons. The van der Waals surface area contributed by atoms with E-state index in [-0.39, 0.29) is 0 Å². The maximum Gasteiger partial charge on any atom is 0.0477 e. The minimum Gasteiger partial charge on any atom is -0.396 e. The Morgan fingerprint density at radius 1 is 1.86 bits per heavy atom. The van der Waals surface area contributed by atoms with Crippen LogP contribution in [0.5, 0.6) is 0 Å². The highest BCUT2D eigenvalue weighted by Gasteiger charge is 1.63. The van der Waals surface area contributed by atoms with E-state index in [0.29, 0.717) is 12.2 Å². The van der Waals surface area contributed by atoms with Gasteiger partial charge in [-0.05, 0) is 13.0 Å². The number of nitrogens with two attached hydrogens (primary N) is 2. The van der Waals surface area contributed by atoms with Gasteiger partial charge < -0.3 is 11.5 Å². The summed E-state index contributed by atoms with van der Waals surface area (Å²) in [6, 6.07) is 0. The molecule has 0 aromatic heterocycles. The lowest BCUT2D eigenvalue weighted by Crippen LogP contribution is -1.93.